The van der Waals surface area contributed by atoms with Gasteiger partial charge in [0.25, 0.3) is 0 Å². The van der Waals surface area contributed by atoms with Gasteiger partial charge in [0.1, 0.15) is 6.04 Å². The highest BCUT2D eigenvalue weighted by molar-refractivity contribution is 9.10. The fourth-order valence-electron chi connectivity index (χ4n) is 2.20. The second kappa shape index (κ2) is 5.61. The van der Waals surface area contributed by atoms with Gasteiger partial charge in [-0.3, -0.25) is 9.59 Å². The van der Waals surface area contributed by atoms with E-state index in [0.29, 0.717) is 13.1 Å². The van der Waals surface area contributed by atoms with Crippen LogP contribution in [0, 0.1) is 6.92 Å². The van der Waals surface area contributed by atoms with Gasteiger partial charge in [0, 0.05) is 23.2 Å². The number of nitrogens with zero attached hydrogens (tertiary/aromatic N) is 1. The van der Waals surface area contributed by atoms with Gasteiger partial charge in [-0.1, -0.05) is 15.9 Å². The van der Waals surface area contributed by atoms with Gasteiger partial charge in [0.2, 0.25) is 5.91 Å². The number of carboxylic acids is 1. The molecule has 0 spiro atoms. The van der Waals surface area contributed by atoms with Crippen LogP contribution in [0.15, 0.2) is 22.7 Å². The van der Waals surface area contributed by atoms with Crippen molar-refractivity contribution in [3.63, 3.8) is 0 Å². The number of hydrogen-bond donors (Lipinski definition) is 2. The van der Waals surface area contributed by atoms with Crippen molar-refractivity contribution in [1.29, 1.82) is 0 Å². The third-order valence-electron chi connectivity index (χ3n) is 3.17. The van der Waals surface area contributed by atoms with Crippen molar-refractivity contribution in [2.24, 2.45) is 0 Å². The van der Waals surface area contributed by atoms with Crippen LogP contribution in [0.5, 0.6) is 0 Å². The average molecular weight is 327 g/mol. The summed E-state index contributed by atoms with van der Waals surface area (Å²) in [6.07, 6.45) is -0.194. The number of carbonyl (C=O) groups is 2. The summed E-state index contributed by atoms with van der Waals surface area (Å²) < 4.78 is 0.993. The summed E-state index contributed by atoms with van der Waals surface area (Å²) in [5.74, 6) is -1.20. The minimum atomic E-state index is -0.971. The molecule has 0 bridgehead atoms. The van der Waals surface area contributed by atoms with Crippen molar-refractivity contribution >= 4 is 33.5 Å². The van der Waals surface area contributed by atoms with E-state index in [0.717, 1.165) is 15.7 Å². The summed E-state index contributed by atoms with van der Waals surface area (Å²) in [5.41, 5.74) is 1.93. The van der Waals surface area contributed by atoms with Crippen LogP contribution in [0.3, 0.4) is 0 Å². The zero-order valence-electron chi connectivity index (χ0n) is 10.5. The fourth-order valence-corrected chi connectivity index (χ4v) is 2.45. The van der Waals surface area contributed by atoms with Crippen LogP contribution in [0.2, 0.25) is 0 Å². The van der Waals surface area contributed by atoms with Gasteiger partial charge in [-0.25, -0.2) is 0 Å². The second-order valence-electron chi connectivity index (χ2n) is 4.53. The first kappa shape index (κ1) is 13.9. The highest BCUT2D eigenvalue weighted by atomic mass is 79.9. The second-order valence-corrected chi connectivity index (χ2v) is 5.39. The molecule has 1 atom stereocenters. The number of halogens is 1. The van der Waals surface area contributed by atoms with E-state index in [1.165, 1.54) is 0 Å². The molecule has 2 N–H and O–H groups in total. The summed E-state index contributed by atoms with van der Waals surface area (Å²) in [5, 5.41) is 11.6. The first-order chi connectivity index (χ1) is 8.99. The smallest absolute Gasteiger partial charge is 0.305 e. The first-order valence-corrected chi connectivity index (χ1v) is 6.80. The predicted molar refractivity (Wildman–Crippen MR) is 75.3 cm³/mol. The van der Waals surface area contributed by atoms with E-state index in [2.05, 4.69) is 21.2 Å². The van der Waals surface area contributed by atoms with Crippen molar-refractivity contribution in [2.75, 3.05) is 18.0 Å². The molecule has 0 aliphatic carbocycles. The highest BCUT2D eigenvalue weighted by Crippen LogP contribution is 2.26. The zero-order valence-corrected chi connectivity index (χ0v) is 12.1. The predicted octanol–water partition coefficient (Wildman–Crippen LogP) is 1.54. The molecular formula is C13H15BrN2O3. The lowest BCUT2D eigenvalue weighted by Gasteiger charge is -2.36. The van der Waals surface area contributed by atoms with E-state index >= 15 is 0 Å². The molecule has 1 amide bonds. The van der Waals surface area contributed by atoms with E-state index in [-0.39, 0.29) is 12.3 Å². The molecule has 1 heterocycles. The van der Waals surface area contributed by atoms with Crippen LogP contribution < -0.4 is 10.2 Å². The lowest BCUT2D eigenvalue weighted by Crippen LogP contribution is -2.56. The quantitative estimate of drug-likeness (QED) is 0.884. The van der Waals surface area contributed by atoms with Crippen molar-refractivity contribution in [2.45, 2.75) is 19.4 Å². The number of aliphatic carboxylic acids is 1. The monoisotopic (exact) mass is 326 g/mol. The Hall–Kier alpha value is -1.56. The molecule has 102 valence electrons. The molecule has 19 heavy (non-hydrogen) atoms. The number of aryl methyl sites for hydroxylation is 1. The number of carbonyl (C=O) groups excluding carboxylic acids is 1. The number of hydrogen-bond acceptors (Lipinski definition) is 3. The summed E-state index contributed by atoms with van der Waals surface area (Å²) in [6, 6.07) is 5.11. The van der Waals surface area contributed by atoms with Crippen LogP contribution in [0.4, 0.5) is 5.69 Å². The highest BCUT2D eigenvalue weighted by Gasteiger charge is 2.31. The largest absolute Gasteiger partial charge is 0.481 e. The SMILES string of the molecule is Cc1cc(N2CCNC(=O)C2CC(=O)O)ccc1Br. The molecule has 6 heteroatoms. The topological polar surface area (TPSA) is 69.6 Å². The molecule has 1 aromatic carbocycles. The van der Waals surface area contributed by atoms with Crippen molar-refractivity contribution < 1.29 is 14.7 Å². The molecular weight excluding hydrogens is 312 g/mol. The van der Waals surface area contributed by atoms with Gasteiger partial charge in [0.15, 0.2) is 0 Å². The van der Waals surface area contributed by atoms with Gasteiger partial charge >= 0.3 is 5.97 Å². The maximum absolute atomic E-state index is 11.8. The Labute approximate surface area is 119 Å². The molecule has 1 unspecified atom stereocenters. The van der Waals surface area contributed by atoms with Crippen molar-refractivity contribution in [3.05, 3.63) is 28.2 Å². The number of nitrogens with one attached hydrogen (secondary N) is 1. The van der Waals surface area contributed by atoms with Gasteiger partial charge in [0.05, 0.1) is 6.42 Å². The third kappa shape index (κ3) is 3.07. The minimum absolute atomic E-state index is 0.194. The standard InChI is InChI=1S/C13H15BrN2O3/c1-8-6-9(2-3-10(8)14)16-5-4-15-13(19)11(16)7-12(17)18/h2-3,6,11H,4-5,7H2,1H3,(H,15,19)(H,17,18). The summed E-state index contributed by atoms with van der Waals surface area (Å²) >= 11 is 3.43. The van der Waals surface area contributed by atoms with Gasteiger partial charge in [-0.2, -0.15) is 0 Å². The average Bonchev–Trinajstić information content (AvgIpc) is 2.35. The van der Waals surface area contributed by atoms with Gasteiger partial charge < -0.3 is 15.3 Å². The maximum Gasteiger partial charge on any atom is 0.305 e. The number of carboxylic acid groups (broad SMARTS) is 1. The van der Waals surface area contributed by atoms with E-state index in [1.54, 1.807) is 0 Å². The molecule has 1 aromatic rings. The summed E-state index contributed by atoms with van der Waals surface area (Å²) in [4.78, 5) is 24.6. The Balaban J connectivity index is 2.30. The fraction of sp³-hybridized carbons (Fsp3) is 0.385. The van der Waals surface area contributed by atoms with Crippen molar-refractivity contribution in [3.8, 4) is 0 Å². The molecule has 2 rings (SSSR count). The molecule has 0 saturated carbocycles. The van der Waals surface area contributed by atoms with Crippen molar-refractivity contribution in [1.82, 2.24) is 5.32 Å². The normalized spacial score (nSPS) is 19.2. The molecule has 0 aromatic heterocycles. The number of piperazine rings is 1. The Morgan fingerprint density at radius 2 is 2.32 bits per heavy atom. The molecule has 1 saturated heterocycles. The number of amides is 1. The zero-order chi connectivity index (χ0) is 14.0. The Morgan fingerprint density at radius 3 is 2.95 bits per heavy atom. The minimum Gasteiger partial charge on any atom is -0.481 e. The van der Waals surface area contributed by atoms with Crippen LogP contribution in [-0.2, 0) is 9.59 Å². The number of anilines is 1. The first-order valence-electron chi connectivity index (χ1n) is 6.01. The lowest BCUT2D eigenvalue weighted by molar-refractivity contribution is -0.139. The van der Waals surface area contributed by atoms with Crippen LogP contribution in [0.1, 0.15) is 12.0 Å². The van der Waals surface area contributed by atoms with E-state index in [4.69, 9.17) is 5.11 Å². The molecule has 5 nitrogen and oxygen atoms in total. The Morgan fingerprint density at radius 1 is 1.58 bits per heavy atom. The number of rotatable bonds is 3. The van der Waals surface area contributed by atoms with E-state index in [9.17, 15) is 9.59 Å². The van der Waals surface area contributed by atoms with Gasteiger partial charge in [-0.15, -0.1) is 0 Å². The Kier molecular flexibility index (Phi) is 4.09. The third-order valence-corrected chi connectivity index (χ3v) is 4.06. The summed E-state index contributed by atoms with van der Waals surface area (Å²) in [7, 11) is 0. The summed E-state index contributed by atoms with van der Waals surface area (Å²) in [6.45, 7) is 3.11. The van der Waals surface area contributed by atoms with E-state index in [1.807, 2.05) is 30.0 Å². The Bertz CT molecular complexity index is 519. The number of benzene rings is 1. The van der Waals surface area contributed by atoms with Gasteiger partial charge in [-0.05, 0) is 30.7 Å². The van der Waals surface area contributed by atoms with Crippen LogP contribution in [-0.4, -0.2) is 36.1 Å². The maximum atomic E-state index is 11.8. The van der Waals surface area contributed by atoms with Crippen LogP contribution >= 0.6 is 15.9 Å². The molecule has 1 aliphatic rings. The molecule has 0 radical (unpaired) electrons. The van der Waals surface area contributed by atoms with Crippen LogP contribution in [0.25, 0.3) is 0 Å². The molecule has 1 aliphatic heterocycles. The lowest BCUT2D eigenvalue weighted by atomic mass is 10.1. The molecule has 1 fully saturated rings. The van der Waals surface area contributed by atoms with E-state index < -0.39 is 12.0 Å².